The van der Waals surface area contributed by atoms with Gasteiger partial charge in [-0.2, -0.15) is 4.98 Å². The molecule has 0 saturated carbocycles. The Morgan fingerprint density at radius 3 is 2.56 bits per heavy atom. The van der Waals surface area contributed by atoms with Crippen LogP contribution in [-0.4, -0.2) is 57.8 Å². The Labute approximate surface area is 149 Å². The SMILES string of the molecule is CCCCc1nc(CN2CCN(CC(O)c3ccccc3)CC2)no1. The molecule has 0 radical (unpaired) electrons. The molecule has 1 atom stereocenters. The van der Waals surface area contributed by atoms with Crippen LogP contribution in [0.5, 0.6) is 0 Å². The standard InChI is InChI=1S/C19H28N4O2/c1-2-3-9-19-20-18(21-25-19)15-23-12-10-22(11-13-23)14-17(24)16-7-5-4-6-8-16/h4-8,17,24H,2-3,9-15H2,1H3. The van der Waals surface area contributed by atoms with Crippen LogP contribution in [0.15, 0.2) is 34.9 Å². The summed E-state index contributed by atoms with van der Waals surface area (Å²) in [4.78, 5) is 9.14. The third-order valence-corrected chi connectivity index (χ3v) is 4.70. The first-order valence-corrected chi connectivity index (χ1v) is 9.23. The molecular formula is C19H28N4O2. The number of hydrogen-bond donors (Lipinski definition) is 1. The molecular weight excluding hydrogens is 316 g/mol. The zero-order chi connectivity index (χ0) is 17.5. The molecule has 1 aliphatic heterocycles. The maximum atomic E-state index is 10.4. The van der Waals surface area contributed by atoms with E-state index in [-0.39, 0.29) is 0 Å². The average Bonchev–Trinajstić information content (AvgIpc) is 3.09. The van der Waals surface area contributed by atoms with Crippen molar-refractivity contribution in [2.45, 2.75) is 38.8 Å². The third-order valence-electron chi connectivity index (χ3n) is 4.70. The van der Waals surface area contributed by atoms with Gasteiger partial charge >= 0.3 is 0 Å². The number of benzene rings is 1. The molecule has 2 heterocycles. The molecule has 1 aliphatic rings. The number of β-amino-alcohol motifs (C(OH)–C–C–N with tert-alkyl or cyclic N) is 1. The number of aryl methyl sites for hydroxylation is 1. The van der Waals surface area contributed by atoms with E-state index in [0.29, 0.717) is 6.54 Å². The fourth-order valence-corrected chi connectivity index (χ4v) is 3.14. The van der Waals surface area contributed by atoms with Gasteiger partial charge in [0.25, 0.3) is 0 Å². The summed E-state index contributed by atoms with van der Waals surface area (Å²) in [5, 5.41) is 14.4. The van der Waals surface area contributed by atoms with Crippen molar-refractivity contribution >= 4 is 0 Å². The lowest BCUT2D eigenvalue weighted by Crippen LogP contribution is -2.47. The minimum atomic E-state index is -0.425. The highest BCUT2D eigenvalue weighted by Gasteiger charge is 2.21. The van der Waals surface area contributed by atoms with Crippen molar-refractivity contribution in [2.24, 2.45) is 0 Å². The molecule has 0 amide bonds. The molecule has 1 saturated heterocycles. The van der Waals surface area contributed by atoms with Gasteiger partial charge in [0.1, 0.15) is 0 Å². The van der Waals surface area contributed by atoms with Gasteiger partial charge in [-0.15, -0.1) is 0 Å². The minimum Gasteiger partial charge on any atom is -0.387 e. The number of unbranched alkanes of at least 4 members (excludes halogenated alkanes) is 1. The zero-order valence-corrected chi connectivity index (χ0v) is 15.0. The van der Waals surface area contributed by atoms with Crippen molar-refractivity contribution in [3.8, 4) is 0 Å². The van der Waals surface area contributed by atoms with Crippen molar-refractivity contribution in [2.75, 3.05) is 32.7 Å². The van der Waals surface area contributed by atoms with E-state index in [4.69, 9.17) is 4.52 Å². The number of hydrogen-bond acceptors (Lipinski definition) is 6. The van der Waals surface area contributed by atoms with Crippen molar-refractivity contribution in [1.29, 1.82) is 0 Å². The van der Waals surface area contributed by atoms with Crippen LogP contribution in [0.4, 0.5) is 0 Å². The number of aromatic nitrogens is 2. The predicted molar refractivity (Wildman–Crippen MR) is 96.0 cm³/mol. The molecule has 0 bridgehead atoms. The van der Waals surface area contributed by atoms with E-state index in [1.165, 1.54) is 0 Å². The van der Waals surface area contributed by atoms with Gasteiger partial charge in [0.05, 0.1) is 12.6 Å². The van der Waals surface area contributed by atoms with Gasteiger partial charge in [0.15, 0.2) is 5.82 Å². The lowest BCUT2D eigenvalue weighted by atomic mass is 10.1. The lowest BCUT2D eigenvalue weighted by Gasteiger charge is -2.35. The second kappa shape index (κ2) is 9.08. The maximum Gasteiger partial charge on any atom is 0.226 e. The Hall–Kier alpha value is -1.76. The van der Waals surface area contributed by atoms with Gasteiger partial charge in [0, 0.05) is 39.1 Å². The molecule has 25 heavy (non-hydrogen) atoms. The van der Waals surface area contributed by atoms with Crippen molar-refractivity contribution in [1.82, 2.24) is 19.9 Å². The maximum absolute atomic E-state index is 10.4. The Balaban J connectivity index is 1.42. The van der Waals surface area contributed by atoms with Crippen LogP contribution in [0.3, 0.4) is 0 Å². The van der Waals surface area contributed by atoms with Gasteiger partial charge < -0.3 is 9.63 Å². The molecule has 1 N–H and O–H groups in total. The highest BCUT2D eigenvalue weighted by Crippen LogP contribution is 2.15. The van der Waals surface area contributed by atoms with Crippen LogP contribution in [0, 0.1) is 0 Å². The normalized spacial score (nSPS) is 17.7. The zero-order valence-electron chi connectivity index (χ0n) is 15.0. The quantitative estimate of drug-likeness (QED) is 0.792. The van der Waals surface area contributed by atoms with E-state index in [1.54, 1.807) is 0 Å². The highest BCUT2D eigenvalue weighted by molar-refractivity contribution is 5.17. The lowest BCUT2D eigenvalue weighted by molar-refractivity contribution is 0.0690. The Morgan fingerprint density at radius 2 is 1.84 bits per heavy atom. The van der Waals surface area contributed by atoms with E-state index >= 15 is 0 Å². The van der Waals surface area contributed by atoms with Crippen molar-refractivity contribution in [3.05, 3.63) is 47.6 Å². The monoisotopic (exact) mass is 344 g/mol. The molecule has 1 fully saturated rings. The summed E-state index contributed by atoms with van der Waals surface area (Å²) in [6.45, 7) is 7.40. The van der Waals surface area contributed by atoms with Gasteiger partial charge in [-0.05, 0) is 12.0 Å². The van der Waals surface area contributed by atoms with E-state index in [0.717, 1.165) is 69.3 Å². The Kier molecular flexibility index (Phi) is 6.55. The van der Waals surface area contributed by atoms with Crippen LogP contribution < -0.4 is 0 Å². The topological polar surface area (TPSA) is 65.6 Å². The fraction of sp³-hybridized carbons (Fsp3) is 0.579. The number of aliphatic hydroxyl groups excluding tert-OH is 1. The van der Waals surface area contributed by atoms with E-state index in [2.05, 4.69) is 26.9 Å². The first-order valence-electron chi connectivity index (χ1n) is 9.23. The first-order chi connectivity index (χ1) is 12.2. The summed E-state index contributed by atoms with van der Waals surface area (Å²) < 4.78 is 5.30. The highest BCUT2D eigenvalue weighted by atomic mass is 16.5. The van der Waals surface area contributed by atoms with E-state index < -0.39 is 6.10 Å². The van der Waals surface area contributed by atoms with E-state index in [1.807, 2.05) is 30.3 Å². The largest absolute Gasteiger partial charge is 0.387 e. The van der Waals surface area contributed by atoms with E-state index in [9.17, 15) is 5.11 Å². The molecule has 1 unspecified atom stereocenters. The summed E-state index contributed by atoms with van der Waals surface area (Å²) in [7, 11) is 0. The van der Waals surface area contributed by atoms with Crippen LogP contribution in [-0.2, 0) is 13.0 Å². The minimum absolute atomic E-state index is 0.425. The third kappa shape index (κ3) is 5.36. The number of rotatable bonds is 8. The number of nitrogens with zero attached hydrogens (tertiary/aromatic N) is 4. The molecule has 3 rings (SSSR count). The Morgan fingerprint density at radius 1 is 1.12 bits per heavy atom. The number of piperazine rings is 1. The van der Waals surface area contributed by atoms with Crippen molar-refractivity contribution in [3.63, 3.8) is 0 Å². The van der Waals surface area contributed by atoms with Gasteiger partial charge in [-0.3, -0.25) is 9.80 Å². The fourth-order valence-electron chi connectivity index (χ4n) is 3.14. The van der Waals surface area contributed by atoms with Gasteiger partial charge in [-0.1, -0.05) is 48.8 Å². The van der Waals surface area contributed by atoms with Crippen LogP contribution in [0.25, 0.3) is 0 Å². The van der Waals surface area contributed by atoms with Gasteiger partial charge in [-0.25, -0.2) is 0 Å². The molecule has 0 spiro atoms. The Bertz CT molecular complexity index is 623. The molecule has 0 aliphatic carbocycles. The summed E-state index contributed by atoms with van der Waals surface area (Å²) in [6.07, 6.45) is 2.67. The summed E-state index contributed by atoms with van der Waals surface area (Å²) in [5.41, 5.74) is 0.983. The molecule has 6 heteroatoms. The van der Waals surface area contributed by atoms with Crippen LogP contribution in [0.1, 0.15) is 43.1 Å². The summed E-state index contributed by atoms with van der Waals surface area (Å²) >= 11 is 0. The molecule has 1 aromatic heterocycles. The predicted octanol–water partition coefficient (Wildman–Crippen LogP) is 2.26. The molecule has 6 nitrogen and oxygen atoms in total. The second-order valence-electron chi connectivity index (χ2n) is 6.71. The van der Waals surface area contributed by atoms with Crippen molar-refractivity contribution < 1.29 is 9.63 Å². The molecule has 2 aromatic rings. The molecule has 136 valence electrons. The van der Waals surface area contributed by atoms with Gasteiger partial charge in [0.2, 0.25) is 5.89 Å². The summed E-state index contributed by atoms with van der Waals surface area (Å²) in [6, 6.07) is 9.87. The second-order valence-corrected chi connectivity index (χ2v) is 6.71. The van der Waals surface area contributed by atoms with Crippen LogP contribution in [0.2, 0.25) is 0 Å². The molecule has 1 aromatic carbocycles. The summed E-state index contributed by atoms with van der Waals surface area (Å²) in [5.74, 6) is 1.53. The number of aliphatic hydroxyl groups is 1. The first kappa shape index (κ1) is 18.0. The average molecular weight is 344 g/mol. The smallest absolute Gasteiger partial charge is 0.226 e. The van der Waals surface area contributed by atoms with Crippen LogP contribution >= 0.6 is 0 Å².